The summed E-state index contributed by atoms with van der Waals surface area (Å²) in [6.45, 7) is 5.17. The van der Waals surface area contributed by atoms with Gasteiger partial charge in [-0.3, -0.25) is 4.90 Å². The lowest BCUT2D eigenvalue weighted by atomic mass is 9.90. The van der Waals surface area contributed by atoms with Crippen molar-refractivity contribution in [3.05, 3.63) is 23.8 Å². The number of ether oxygens (including phenoxy) is 2. The van der Waals surface area contributed by atoms with Crippen molar-refractivity contribution in [1.29, 1.82) is 0 Å². The summed E-state index contributed by atoms with van der Waals surface area (Å²) in [5, 5.41) is 0. The van der Waals surface area contributed by atoms with E-state index in [1.807, 2.05) is 12.1 Å². The predicted octanol–water partition coefficient (Wildman–Crippen LogP) is 2.06. The van der Waals surface area contributed by atoms with Gasteiger partial charge in [0.25, 0.3) is 0 Å². The van der Waals surface area contributed by atoms with Crippen molar-refractivity contribution < 1.29 is 9.47 Å². The quantitative estimate of drug-likeness (QED) is 0.865. The summed E-state index contributed by atoms with van der Waals surface area (Å²) in [6, 6.07) is 5.95. The molecule has 1 heterocycles. The van der Waals surface area contributed by atoms with E-state index < -0.39 is 0 Å². The highest BCUT2D eigenvalue weighted by atomic mass is 16.5. The van der Waals surface area contributed by atoms with E-state index in [1.165, 1.54) is 12.8 Å². The van der Waals surface area contributed by atoms with Crippen LogP contribution in [-0.2, 0) is 6.42 Å². The summed E-state index contributed by atoms with van der Waals surface area (Å²) in [5.41, 5.74) is 7.22. The van der Waals surface area contributed by atoms with Crippen molar-refractivity contribution in [2.45, 2.75) is 31.7 Å². The lowest BCUT2D eigenvalue weighted by Gasteiger charge is -2.38. The zero-order valence-electron chi connectivity index (χ0n) is 12.8. The SMILES string of the molecule is COc1ccc(OC)c(CC(C)(CN)N2CCCC2)c1. The van der Waals surface area contributed by atoms with E-state index in [0.29, 0.717) is 6.54 Å². The molecule has 0 amide bonds. The third-order valence-corrected chi connectivity index (χ3v) is 4.37. The van der Waals surface area contributed by atoms with Gasteiger partial charge in [-0.1, -0.05) is 0 Å². The van der Waals surface area contributed by atoms with Crippen molar-refractivity contribution in [3.63, 3.8) is 0 Å². The molecule has 1 fully saturated rings. The number of likely N-dealkylation sites (tertiary alicyclic amines) is 1. The van der Waals surface area contributed by atoms with E-state index in [1.54, 1.807) is 14.2 Å². The fourth-order valence-electron chi connectivity index (χ4n) is 3.00. The maximum absolute atomic E-state index is 6.08. The molecule has 0 aliphatic carbocycles. The Balaban J connectivity index is 2.25. The zero-order chi connectivity index (χ0) is 14.6. The van der Waals surface area contributed by atoms with Crippen LogP contribution in [0.5, 0.6) is 11.5 Å². The van der Waals surface area contributed by atoms with Crippen molar-refractivity contribution >= 4 is 0 Å². The maximum Gasteiger partial charge on any atom is 0.122 e. The fraction of sp³-hybridized carbons (Fsp3) is 0.625. The molecule has 1 aromatic rings. The number of benzene rings is 1. The van der Waals surface area contributed by atoms with Gasteiger partial charge < -0.3 is 15.2 Å². The summed E-state index contributed by atoms with van der Waals surface area (Å²) in [5.74, 6) is 1.77. The normalized spacial score (nSPS) is 18.8. The summed E-state index contributed by atoms with van der Waals surface area (Å²) < 4.78 is 10.8. The summed E-state index contributed by atoms with van der Waals surface area (Å²) in [4.78, 5) is 2.51. The highest BCUT2D eigenvalue weighted by Crippen LogP contribution is 2.31. The van der Waals surface area contributed by atoms with Crippen LogP contribution >= 0.6 is 0 Å². The second-order valence-corrected chi connectivity index (χ2v) is 5.75. The number of hydrogen-bond donors (Lipinski definition) is 1. The molecule has 1 aliphatic heterocycles. The largest absolute Gasteiger partial charge is 0.497 e. The Hall–Kier alpha value is -1.26. The van der Waals surface area contributed by atoms with Crippen molar-refractivity contribution in [2.24, 2.45) is 5.73 Å². The topological polar surface area (TPSA) is 47.7 Å². The van der Waals surface area contributed by atoms with Crippen LogP contribution in [0.1, 0.15) is 25.3 Å². The Kier molecular flexibility index (Phi) is 4.89. The highest BCUT2D eigenvalue weighted by molar-refractivity contribution is 5.41. The van der Waals surface area contributed by atoms with Crippen molar-refractivity contribution in [1.82, 2.24) is 4.90 Å². The Morgan fingerprint density at radius 3 is 2.45 bits per heavy atom. The summed E-state index contributed by atoms with van der Waals surface area (Å²) in [7, 11) is 3.40. The molecule has 2 N–H and O–H groups in total. The minimum Gasteiger partial charge on any atom is -0.497 e. The molecule has 0 spiro atoms. The lowest BCUT2D eigenvalue weighted by Crippen LogP contribution is -2.51. The van der Waals surface area contributed by atoms with Crippen LogP contribution in [0.25, 0.3) is 0 Å². The molecule has 112 valence electrons. The minimum atomic E-state index is -0.0177. The first-order chi connectivity index (χ1) is 9.62. The third kappa shape index (κ3) is 3.07. The third-order valence-electron chi connectivity index (χ3n) is 4.37. The molecule has 1 atom stereocenters. The number of rotatable bonds is 6. The molecule has 1 aliphatic rings. The molecule has 2 rings (SSSR count). The average Bonchev–Trinajstić information content (AvgIpc) is 3.02. The van der Waals surface area contributed by atoms with E-state index in [-0.39, 0.29) is 5.54 Å². The molecule has 0 radical (unpaired) electrons. The zero-order valence-corrected chi connectivity index (χ0v) is 12.8. The number of nitrogens with two attached hydrogens (primary N) is 1. The van der Waals surface area contributed by atoms with Crippen LogP contribution in [0.3, 0.4) is 0 Å². The first-order valence-electron chi connectivity index (χ1n) is 7.29. The van der Waals surface area contributed by atoms with E-state index in [2.05, 4.69) is 17.9 Å². The van der Waals surface area contributed by atoms with Crippen LogP contribution in [-0.4, -0.2) is 44.3 Å². The van der Waals surface area contributed by atoms with Crippen LogP contribution in [0.2, 0.25) is 0 Å². The molecule has 20 heavy (non-hydrogen) atoms. The number of methoxy groups -OCH3 is 2. The van der Waals surface area contributed by atoms with E-state index in [9.17, 15) is 0 Å². The van der Waals surface area contributed by atoms with Gasteiger partial charge in [0, 0.05) is 12.1 Å². The van der Waals surface area contributed by atoms with Gasteiger partial charge in [0.1, 0.15) is 11.5 Å². The first-order valence-corrected chi connectivity index (χ1v) is 7.29. The van der Waals surface area contributed by atoms with Gasteiger partial charge in [0.2, 0.25) is 0 Å². The van der Waals surface area contributed by atoms with Gasteiger partial charge in [0.15, 0.2) is 0 Å². The molecule has 0 bridgehead atoms. The van der Waals surface area contributed by atoms with Crippen LogP contribution in [0.15, 0.2) is 18.2 Å². The van der Waals surface area contributed by atoms with Crippen LogP contribution in [0.4, 0.5) is 0 Å². The van der Waals surface area contributed by atoms with Gasteiger partial charge in [-0.25, -0.2) is 0 Å². The van der Waals surface area contributed by atoms with Gasteiger partial charge in [-0.2, -0.15) is 0 Å². The van der Waals surface area contributed by atoms with E-state index >= 15 is 0 Å². The lowest BCUT2D eigenvalue weighted by molar-refractivity contribution is 0.142. The highest BCUT2D eigenvalue weighted by Gasteiger charge is 2.33. The summed E-state index contributed by atoms with van der Waals surface area (Å²) in [6.07, 6.45) is 3.42. The Labute approximate surface area is 121 Å². The van der Waals surface area contributed by atoms with E-state index in [0.717, 1.165) is 36.6 Å². The molecular formula is C16H26N2O2. The van der Waals surface area contributed by atoms with Gasteiger partial charge in [0.05, 0.1) is 14.2 Å². The second kappa shape index (κ2) is 6.46. The van der Waals surface area contributed by atoms with Crippen molar-refractivity contribution in [3.8, 4) is 11.5 Å². The monoisotopic (exact) mass is 278 g/mol. The van der Waals surface area contributed by atoms with Gasteiger partial charge >= 0.3 is 0 Å². The van der Waals surface area contributed by atoms with Gasteiger partial charge in [-0.15, -0.1) is 0 Å². The molecule has 0 saturated carbocycles. The smallest absolute Gasteiger partial charge is 0.122 e. The fourth-order valence-corrected chi connectivity index (χ4v) is 3.00. The molecule has 0 aromatic heterocycles. The second-order valence-electron chi connectivity index (χ2n) is 5.75. The molecule has 4 heteroatoms. The summed E-state index contributed by atoms with van der Waals surface area (Å²) >= 11 is 0. The number of hydrogen-bond acceptors (Lipinski definition) is 4. The Morgan fingerprint density at radius 1 is 1.20 bits per heavy atom. The van der Waals surface area contributed by atoms with E-state index in [4.69, 9.17) is 15.2 Å². The Bertz CT molecular complexity index is 444. The molecule has 4 nitrogen and oxygen atoms in total. The molecule has 1 unspecified atom stereocenters. The van der Waals surface area contributed by atoms with Crippen LogP contribution in [0, 0.1) is 0 Å². The van der Waals surface area contributed by atoms with Gasteiger partial charge in [-0.05, 0) is 63.0 Å². The molecule has 1 saturated heterocycles. The number of nitrogens with zero attached hydrogens (tertiary/aromatic N) is 1. The minimum absolute atomic E-state index is 0.0177. The maximum atomic E-state index is 6.08. The first kappa shape index (κ1) is 15.1. The Morgan fingerprint density at radius 2 is 1.90 bits per heavy atom. The predicted molar refractivity (Wildman–Crippen MR) is 81.5 cm³/mol. The molecular weight excluding hydrogens is 252 g/mol. The van der Waals surface area contributed by atoms with Crippen molar-refractivity contribution in [2.75, 3.05) is 33.9 Å². The van der Waals surface area contributed by atoms with Crippen LogP contribution < -0.4 is 15.2 Å². The average molecular weight is 278 g/mol. The molecule has 1 aromatic carbocycles. The standard InChI is InChI=1S/C16H26N2O2/c1-16(12-17,18-8-4-5-9-18)11-13-10-14(19-2)6-7-15(13)20-3/h6-7,10H,4-5,8-9,11-12,17H2,1-3H3.